The monoisotopic (exact) mass is 279 g/mol. The van der Waals surface area contributed by atoms with Crippen LogP contribution in [0.2, 0.25) is 0 Å². The van der Waals surface area contributed by atoms with Gasteiger partial charge >= 0.3 is 0 Å². The Bertz CT molecular complexity index is 420. The molecule has 112 valence electrons. The van der Waals surface area contributed by atoms with Gasteiger partial charge in [0.1, 0.15) is 0 Å². The van der Waals surface area contributed by atoms with Crippen LogP contribution < -0.4 is 0 Å². The smallest absolute Gasteiger partial charge is 0.0776 e. The molecule has 2 aliphatic heterocycles. The number of methoxy groups -OCH3 is 1. The number of piperidine rings is 1. The van der Waals surface area contributed by atoms with Gasteiger partial charge in [-0.15, -0.1) is 0 Å². The first-order valence-electron chi connectivity index (χ1n) is 7.64. The van der Waals surface area contributed by atoms with E-state index in [-0.39, 0.29) is 30.8 Å². The van der Waals surface area contributed by atoms with Crippen molar-refractivity contribution in [3.8, 4) is 0 Å². The molecule has 1 fully saturated rings. The van der Waals surface area contributed by atoms with Gasteiger partial charge in [-0.3, -0.25) is 4.90 Å². The molecule has 0 saturated carbocycles. The Balaban J connectivity index is 1.99. The van der Waals surface area contributed by atoms with E-state index >= 15 is 0 Å². The van der Waals surface area contributed by atoms with Crippen molar-refractivity contribution in [3.05, 3.63) is 23.8 Å². The Kier molecular flexibility index (Phi) is 4.00. The fourth-order valence-electron chi connectivity index (χ4n) is 4.57. The number of rotatable bonds is 4. The largest absolute Gasteiger partial charge is 0.396 e. The van der Waals surface area contributed by atoms with Gasteiger partial charge < -0.3 is 14.9 Å². The van der Waals surface area contributed by atoms with Crippen LogP contribution in [0.4, 0.5) is 0 Å². The maximum absolute atomic E-state index is 9.75. The first-order chi connectivity index (χ1) is 9.76. The minimum absolute atomic E-state index is 0.0379. The summed E-state index contributed by atoms with van der Waals surface area (Å²) in [7, 11) is 1.76. The molecule has 0 aromatic carbocycles. The third-order valence-corrected chi connectivity index (χ3v) is 5.53. The van der Waals surface area contributed by atoms with Gasteiger partial charge in [0.05, 0.1) is 11.6 Å². The lowest BCUT2D eigenvalue weighted by molar-refractivity contribution is -0.0501. The quantitative estimate of drug-likeness (QED) is 0.804. The maximum Gasteiger partial charge on any atom is 0.0776 e. The van der Waals surface area contributed by atoms with Crippen LogP contribution in [0.3, 0.4) is 0 Å². The minimum Gasteiger partial charge on any atom is -0.396 e. The lowest BCUT2D eigenvalue weighted by atomic mass is 9.63. The van der Waals surface area contributed by atoms with Crippen LogP contribution in [0.15, 0.2) is 23.8 Å². The lowest BCUT2D eigenvalue weighted by Crippen LogP contribution is -2.61. The SMILES string of the molecule is CO[C@H]1C=CC2=CCN3CCC(CO)C(CCO)[C@]23C1. The van der Waals surface area contributed by atoms with Crippen LogP contribution in [0.1, 0.15) is 19.3 Å². The van der Waals surface area contributed by atoms with E-state index in [4.69, 9.17) is 4.74 Å². The number of aliphatic hydroxyl groups is 2. The summed E-state index contributed by atoms with van der Waals surface area (Å²) in [6, 6.07) is 0. The summed E-state index contributed by atoms with van der Waals surface area (Å²) < 4.78 is 5.57. The van der Waals surface area contributed by atoms with Crippen LogP contribution >= 0.6 is 0 Å². The molecule has 1 saturated heterocycles. The molecule has 3 rings (SSSR count). The van der Waals surface area contributed by atoms with Crippen LogP contribution in [0, 0.1) is 11.8 Å². The van der Waals surface area contributed by atoms with E-state index in [0.29, 0.717) is 5.92 Å². The first-order valence-corrected chi connectivity index (χ1v) is 7.64. The number of aliphatic hydroxyl groups excluding tert-OH is 2. The Hall–Kier alpha value is -0.680. The minimum atomic E-state index is -0.0379. The van der Waals surface area contributed by atoms with Crippen molar-refractivity contribution in [1.82, 2.24) is 4.90 Å². The second-order valence-corrected chi connectivity index (χ2v) is 6.22. The zero-order chi connectivity index (χ0) is 14.2. The molecule has 4 heteroatoms. The van der Waals surface area contributed by atoms with Gasteiger partial charge in [0.15, 0.2) is 0 Å². The highest BCUT2D eigenvalue weighted by atomic mass is 16.5. The van der Waals surface area contributed by atoms with Crippen LogP contribution in [0.25, 0.3) is 0 Å². The molecule has 2 unspecified atom stereocenters. The van der Waals surface area contributed by atoms with Gasteiger partial charge in [-0.1, -0.05) is 18.2 Å². The lowest BCUT2D eigenvalue weighted by Gasteiger charge is -2.55. The molecule has 0 radical (unpaired) electrons. The molecular formula is C16H25NO3. The highest BCUT2D eigenvalue weighted by molar-refractivity contribution is 5.42. The molecule has 1 spiro atoms. The normalized spacial score (nSPS) is 40.4. The van der Waals surface area contributed by atoms with Crippen LogP contribution in [-0.4, -0.2) is 60.2 Å². The standard InChI is InChI=1S/C16H25NO3/c1-20-14-3-2-13-5-8-17-7-4-12(11-19)15(6-9-18)16(13,17)10-14/h2-3,5,12,14-15,18-19H,4,6-11H2,1H3/t12?,14-,15?,16-/m0/s1. The van der Waals surface area contributed by atoms with Crippen molar-refractivity contribution in [2.45, 2.75) is 30.9 Å². The summed E-state index contributed by atoms with van der Waals surface area (Å²) in [5, 5.41) is 19.2. The summed E-state index contributed by atoms with van der Waals surface area (Å²) in [6.45, 7) is 2.41. The summed E-state index contributed by atoms with van der Waals surface area (Å²) in [5.41, 5.74) is 1.33. The van der Waals surface area contributed by atoms with Crippen molar-refractivity contribution in [3.63, 3.8) is 0 Å². The van der Waals surface area contributed by atoms with Gasteiger partial charge in [0.2, 0.25) is 0 Å². The average molecular weight is 279 g/mol. The van der Waals surface area contributed by atoms with Crippen molar-refractivity contribution in [1.29, 1.82) is 0 Å². The Morgan fingerprint density at radius 2 is 2.30 bits per heavy atom. The topological polar surface area (TPSA) is 52.9 Å². The third-order valence-electron chi connectivity index (χ3n) is 5.53. The zero-order valence-corrected chi connectivity index (χ0v) is 12.2. The van der Waals surface area contributed by atoms with Crippen LogP contribution in [0.5, 0.6) is 0 Å². The van der Waals surface area contributed by atoms with E-state index in [1.54, 1.807) is 7.11 Å². The molecule has 0 aromatic heterocycles. The summed E-state index contributed by atoms with van der Waals surface area (Å²) in [5.74, 6) is 0.589. The molecule has 0 bridgehead atoms. The van der Waals surface area contributed by atoms with Crippen molar-refractivity contribution in [2.75, 3.05) is 33.4 Å². The van der Waals surface area contributed by atoms with E-state index in [0.717, 1.165) is 32.4 Å². The van der Waals surface area contributed by atoms with Gasteiger partial charge in [0, 0.05) is 26.9 Å². The van der Waals surface area contributed by atoms with Crippen molar-refractivity contribution < 1.29 is 14.9 Å². The van der Waals surface area contributed by atoms with Crippen LogP contribution in [-0.2, 0) is 4.74 Å². The van der Waals surface area contributed by atoms with E-state index in [2.05, 4.69) is 23.1 Å². The first kappa shape index (κ1) is 14.3. The molecule has 2 heterocycles. The Morgan fingerprint density at radius 1 is 1.45 bits per heavy atom. The molecule has 4 nitrogen and oxygen atoms in total. The Morgan fingerprint density at radius 3 is 3.00 bits per heavy atom. The van der Waals surface area contributed by atoms with Gasteiger partial charge in [0.25, 0.3) is 0 Å². The van der Waals surface area contributed by atoms with Gasteiger partial charge in [-0.2, -0.15) is 0 Å². The third kappa shape index (κ3) is 1.98. The highest BCUT2D eigenvalue weighted by Gasteiger charge is 2.54. The Labute approximate surface area is 120 Å². The molecule has 20 heavy (non-hydrogen) atoms. The predicted octanol–water partition coefficient (Wildman–Crippen LogP) is 0.953. The summed E-state index contributed by atoms with van der Waals surface area (Å²) in [4.78, 5) is 2.53. The van der Waals surface area contributed by atoms with Crippen molar-refractivity contribution >= 4 is 0 Å². The van der Waals surface area contributed by atoms with E-state index < -0.39 is 0 Å². The number of hydrogen-bond donors (Lipinski definition) is 2. The fourth-order valence-corrected chi connectivity index (χ4v) is 4.57. The number of hydrogen-bond acceptors (Lipinski definition) is 4. The molecule has 0 amide bonds. The molecule has 1 aliphatic carbocycles. The molecular weight excluding hydrogens is 254 g/mol. The average Bonchev–Trinajstić information content (AvgIpc) is 2.86. The zero-order valence-electron chi connectivity index (χ0n) is 12.2. The second kappa shape index (κ2) is 5.60. The van der Waals surface area contributed by atoms with Crippen molar-refractivity contribution in [2.24, 2.45) is 11.8 Å². The van der Waals surface area contributed by atoms with Gasteiger partial charge in [-0.25, -0.2) is 0 Å². The molecule has 4 atom stereocenters. The summed E-state index contributed by atoms with van der Waals surface area (Å²) >= 11 is 0. The number of nitrogens with zero attached hydrogens (tertiary/aromatic N) is 1. The highest BCUT2D eigenvalue weighted by Crippen LogP contribution is 2.51. The summed E-state index contributed by atoms with van der Waals surface area (Å²) in [6.07, 6.45) is 9.49. The number of ether oxygens (including phenoxy) is 1. The molecule has 3 aliphatic rings. The van der Waals surface area contributed by atoms with E-state index in [1.807, 2.05) is 0 Å². The predicted molar refractivity (Wildman–Crippen MR) is 77.3 cm³/mol. The maximum atomic E-state index is 9.75. The van der Waals surface area contributed by atoms with E-state index in [9.17, 15) is 10.2 Å². The molecule has 0 aromatic rings. The fraction of sp³-hybridized carbons (Fsp3) is 0.750. The molecule has 2 N–H and O–H groups in total. The van der Waals surface area contributed by atoms with E-state index in [1.165, 1.54) is 5.57 Å². The van der Waals surface area contributed by atoms with Gasteiger partial charge in [-0.05, 0) is 43.2 Å². The second-order valence-electron chi connectivity index (χ2n) is 6.22.